The number of sulfone groups is 1. The van der Waals surface area contributed by atoms with Crippen molar-refractivity contribution in [1.29, 1.82) is 0 Å². The average Bonchev–Trinajstić information content (AvgIpc) is 2.53. The Morgan fingerprint density at radius 1 is 1.17 bits per heavy atom. The number of aliphatic imine (C=N–C) groups is 1. The second kappa shape index (κ2) is 11.7. The Balaban J connectivity index is 0.00000529. The van der Waals surface area contributed by atoms with E-state index in [0.717, 1.165) is 6.54 Å². The maximum Gasteiger partial charge on any atom is 0.191 e. The van der Waals surface area contributed by atoms with Crippen LogP contribution in [-0.2, 0) is 9.84 Å². The first-order valence-electron chi connectivity index (χ1n) is 8.17. The number of halogens is 1. The van der Waals surface area contributed by atoms with Crippen molar-refractivity contribution >= 4 is 39.8 Å². The first-order valence-corrected chi connectivity index (χ1v) is 9.99. The van der Waals surface area contributed by atoms with Gasteiger partial charge in [-0.3, -0.25) is 4.99 Å². The third-order valence-corrected chi connectivity index (χ3v) is 5.36. The van der Waals surface area contributed by atoms with Crippen LogP contribution >= 0.6 is 24.0 Å². The molecule has 1 rings (SSSR count). The molecule has 1 aromatic rings. The van der Waals surface area contributed by atoms with Gasteiger partial charge in [0.25, 0.3) is 0 Å². The zero-order valence-corrected chi connectivity index (χ0v) is 18.1. The summed E-state index contributed by atoms with van der Waals surface area (Å²) >= 11 is 0. The van der Waals surface area contributed by atoms with Crippen molar-refractivity contribution in [2.24, 2.45) is 4.99 Å². The molecule has 138 valence electrons. The molecule has 5 nitrogen and oxygen atoms in total. The zero-order chi connectivity index (χ0) is 17.3. The molecule has 24 heavy (non-hydrogen) atoms. The standard InChI is InChI=1S/C17H29N3O2S.HI/c1-5-18-17(19-11-12-23(21,22)6-2)20-13-15(4)16-9-7-14(3)8-10-16;/h7-10,15H,5-6,11-13H2,1-4H3,(H2,18,19,20);1H. The van der Waals surface area contributed by atoms with Gasteiger partial charge in [-0.25, -0.2) is 8.42 Å². The number of rotatable bonds is 8. The van der Waals surface area contributed by atoms with E-state index in [2.05, 4.69) is 53.7 Å². The largest absolute Gasteiger partial charge is 0.357 e. The lowest BCUT2D eigenvalue weighted by Crippen LogP contribution is -2.40. The predicted molar refractivity (Wildman–Crippen MR) is 113 cm³/mol. The van der Waals surface area contributed by atoms with Crippen LogP contribution in [0.2, 0.25) is 0 Å². The number of hydrogen-bond acceptors (Lipinski definition) is 3. The summed E-state index contributed by atoms with van der Waals surface area (Å²) in [5.41, 5.74) is 2.50. The SMILES string of the molecule is CCNC(=NCC(C)c1ccc(C)cc1)NCCS(=O)(=O)CC.I. The van der Waals surface area contributed by atoms with Gasteiger partial charge in [0.05, 0.1) is 5.75 Å². The Kier molecular flexibility index (Phi) is 11.3. The summed E-state index contributed by atoms with van der Waals surface area (Å²) in [6, 6.07) is 8.47. The maximum absolute atomic E-state index is 11.5. The third kappa shape index (κ3) is 8.86. The zero-order valence-electron chi connectivity index (χ0n) is 15.0. The normalized spacial score (nSPS) is 13.1. The number of hydrogen-bond donors (Lipinski definition) is 2. The Morgan fingerprint density at radius 2 is 1.79 bits per heavy atom. The molecular formula is C17H30IN3O2S. The van der Waals surface area contributed by atoms with Crippen LogP contribution in [0.5, 0.6) is 0 Å². The molecule has 0 saturated carbocycles. The van der Waals surface area contributed by atoms with E-state index in [1.165, 1.54) is 11.1 Å². The fourth-order valence-electron chi connectivity index (χ4n) is 2.04. The topological polar surface area (TPSA) is 70.6 Å². The van der Waals surface area contributed by atoms with E-state index in [9.17, 15) is 8.42 Å². The van der Waals surface area contributed by atoms with Crippen LogP contribution in [0.25, 0.3) is 0 Å². The molecule has 0 aliphatic rings. The average molecular weight is 467 g/mol. The second-order valence-electron chi connectivity index (χ2n) is 5.69. The molecule has 0 heterocycles. The van der Waals surface area contributed by atoms with E-state index < -0.39 is 9.84 Å². The van der Waals surface area contributed by atoms with Crippen molar-refractivity contribution < 1.29 is 8.42 Å². The van der Waals surface area contributed by atoms with Gasteiger partial charge >= 0.3 is 0 Å². The van der Waals surface area contributed by atoms with Crippen molar-refractivity contribution in [3.05, 3.63) is 35.4 Å². The molecular weight excluding hydrogens is 437 g/mol. The van der Waals surface area contributed by atoms with Crippen molar-refractivity contribution in [2.45, 2.75) is 33.6 Å². The lowest BCUT2D eigenvalue weighted by atomic mass is 10.0. The molecule has 0 aliphatic carbocycles. The molecule has 7 heteroatoms. The molecule has 0 bridgehead atoms. The minimum absolute atomic E-state index is 0. The Labute approximate surface area is 163 Å². The number of benzene rings is 1. The van der Waals surface area contributed by atoms with E-state index in [1.807, 2.05) is 6.92 Å². The van der Waals surface area contributed by atoms with Crippen molar-refractivity contribution in [1.82, 2.24) is 10.6 Å². The summed E-state index contributed by atoms with van der Waals surface area (Å²) in [5.74, 6) is 1.28. The molecule has 1 aromatic carbocycles. The van der Waals surface area contributed by atoms with Gasteiger partial charge in [-0.05, 0) is 19.4 Å². The van der Waals surface area contributed by atoms with Crippen LogP contribution in [0, 0.1) is 6.92 Å². The third-order valence-electron chi connectivity index (χ3n) is 3.66. The minimum Gasteiger partial charge on any atom is -0.357 e. The molecule has 2 N–H and O–H groups in total. The highest BCUT2D eigenvalue weighted by atomic mass is 127. The van der Waals surface area contributed by atoms with Gasteiger partial charge in [0.15, 0.2) is 15.8 Å². The highest BCUT2D eigenvalue weighted by molar-refractivity contribution is 14.0. The molecule has 0 saturated heterocycles. The summed E-state index contributed by atoms with van der Waals surface area (Å²) in [7, 11) is -2.95. The monoisotopic (exact) mass is 467 g/mol. The molecule has 1 unspecified atom stereocenters. The summed E-state index contributed by atoms with van der Waals surface area (Å²) in [6.07, 6.45) is 0. The van der Waals surface area contributed by atoms with Crippen LogP contribution in [0.3, 0.4) is 0 Å². The molecule has 0 fully saturated rings. The van der Waals surface area contributed by atoms with Gasteiger partial charge in [-0.2, -0.15) is 0 Å². The molecule has 1 atom stereocenters. The fraction of sp³-hybridized carbons (Fsp3) is 0.588. The van der Waals surface area contributed by atoms with Crippen LogP contribution in [-0.4, -0.2) is 45.5 Å². The van der Waals surface area contributed by atoms with Gasteiger partial charge in [0.1, 0.15) is 0 Å². The van der Waals surface area contributed by atoms with Crippen LogP contribution < -0.4 is 10.6 Å². The van der Waals surface area contributed by atoms with E-state index >= 15 is 0 Å². The fourth-order valence-corrected chi connectivity index (χ4v) is 2.74. The summed E-state index contributed by atoms with van der Waals surface area (Å²) in [4.78, 5) is 4.56. The summed E-state index contributed by atoms with van der Waals surface area (Å²) in [5, 5.41) is 6.23. The van der Waals surface area contributed by atoms with Crippen LogP contribution in [0.4, 0.5) is 0 Å². The van der Waals surface area contributed by atoms with Gasteiger partial charge in [-0.15, -0.1) is 24.0 Å². The van der Waals surface area contributed by atoms with Crippen molar-refractivity contribution in [3.8, 4) is 0 Å². The first-order chi connectivity index (χ1) is 10.9. The molecule has 0 aliphatic heterocycles. The molecule has 0 aromatic heterocycles. The Morgan fingerprint density at radius 3 is 2.33 bits per heavy atom. The van der Waals surface area contributed by atoms with Gasteiger partial charge in [0, 0.05) is 31.3 Å². The maximum atomic E-state index is 11.5. The minimum atomic E-state index is -2.95. The highest BCUT2D eigenvalue weighted by Crippen LogP contribution is 2.15. The smallest absolute Gasteiger partial charge is 0.191 e. The quantitative estimate of drug-likeness (QED) is 0.351. The van der Waals surface area contributed by atoms with Crippen LogP contribution in [0.15, 0.2) is 29.3 Å². The Bertz CT molecular complexity index is 601. The highest BCUT2D eigenvalue weighted by Gasteiger charge is 2.08. The number of guanidine groups is 1. The molecule has 0 radical (unpaired) electrons. The van der Waals surface area contributed by atoms with Gasteiger partial charge < -0.3 is 10.6 Å². The predicted octanol–water partition coefficient (Wildman–Crippen LogP) is 2.71. The molecule has 0 spiro atoms. The van der Waals surface area contributed by atoms with Crippen molar-refractivity contribution in [2.75, 3.05) is 31.1 Å². The van der Waals surface area contributed by atoms with E-state index in [-0.39, 0.29) is 35.5 Å². The summed E-state index contributed by atoms with van der Waals surface area (Å²) in [6.45, 7) is 9.63. The second-order valence-corrected chi connectivity index (χ2v) is 8.17. The summed E-state index contributed by atoms with van der Waals surface area (Å²) < 4.78 is 23.0. The number of aryl methyl sites for hydroxylation is 1. The number of nitrogens with zero attached hydrogens (tertiary/aromatic N) is 1. The number of nitrogens with one attached hydrogen (secondary N) is 2. The van der Waals surface area contributed by atoms with Gasteiger partial charge in [-0.1, -0.05) is 43.7 Å². The van der Waals surface area contributed by atoms with E-state index in [1.54, 1.807) is 6.92 Å². The first kappa shape index (κ1) is 23.2. The van der Waals surface area contributed by atoms with Crippen molar-refractivity contribution in [3.63, 3.8) is 0 Å². The lowest BCUT2D eigenvalue weighted by molar-refractivity contribution is 0.595. The van der Waals surface area contributed by atoms with Gasteiger partial charge in [0.2, 0.25) is 0 Å². The lowest BCUT2D eigenvalue weighted by Gasteiger charge is -2.14. The molecule has 0 amide bonds. The Hall–Kier alpha value is -0.830. The van der Waals surface area contributed by atoms with Crippen LogP contribution in [0.1, 0.15) is 37.8 Å². The van der Waals surface area contributed by atoms with E-state index in [0.29, 0.717) is 25.0 Å². The van der Waals surface area contributed by atoms with E-state index in [4.69, 9.17) is 0 Å².